The van der Waals surface area contributed by atoms with E-state index in [4.69, 9.17) is 4.74 Å². The van der Waals surface area contributed by atoms with E-state index in [1.807, 2.05) is 31.2 Å². The second-order valence-corrected chi connectivity index (χ2v) is 8.37. The molecule has 1 aromatic heterocycles. The number of para-hydroxylation sites is 1. The number of methoxy groups -OCH3 is 1. The number of likely N-dealkylation sites (tertiary alicyclic amines) is 1. The van der Waals surface area contributed by atoms with Gasteiger partial charge in [0.2, 0.25) is 5.69 Å². The van der Waals surface area contributed by atoms with Crippen LogP contribution in [0, 0.1) is 16.0 Å². The van der Waals surface area contributed by atoms with Gasteiger partial charge in [-0.3, -0.25) is 19.6 Å². The number of rotatable bonds is 5. The fraction of sp³-hybridized carbons (Fsp3) is 0.545. The first kappa shape index (κ1) is 21.3. The third kappa shape index (κ3) is 3.67. The highest BCUT2D eigenvalue weighted by Crippen LogP contribution is 2.51. The van der Waals surface area contributed by atoms with Crippen molar-refractivity contribution in [3.63, 3.8) is 0 Å². The van der Waals surface area contributed by atoms with Crippen LogP contribution in [0.3, 0.4) is 0 Å². The van der Waals surface area contributed by atoms with Crippen LogP contribution in [0.25, 0.3) is 0 Å². The summed E-state index contributed by atoms with van der Waals surface area (Å²) in [6.07, 6.45) is 5.12. The SMILES string of the molecule is CCn1cc([N+](=O)[O-])c(C(=O)N2CC[C@]3(O)CCCC[C@@H]3[C@@H]2c2ccccc2OC)n1. The van der Waals surface area contributed by atoms with E-state index in [9.17, 15) is 20.0 Å². The van der Waals surface area contributed by atoms with Crippen LogP contribution in [0.5, 0.6) is 5.75 Å². The second-order valence-electron chi connectivity index (χ2n) is 8.37. The van der Waals surface area contributed by atoms with E-state index < -0.39 is 22.5 Å². The highest BCUT2D eigenvalue weighted by molar-refractivity contribution is 5.96. The summed E-state index contributed by atoms with van der Waals surface area (Å²) in [5, 5.41) is 27.2. The number of ether oxygens (including phenoxy) is 1. The van der Waals surface area contributed by atoms with Crippen LogP contribution in [-0.4, -0.2) is 49.9 Å². The first-order valence-electron chi connectivity index (χ1n) is 10.8. The van der Waals surface area contributed by atoms with E-state index in [1.165, 1.54) is 10.9 Å². The molecule has 9 heteroatoms. The standard InChI is InChI=1S/C22H28N4O5/c1-3-24-14-17(26(29)30)19(23-24)21(27)25-13-12-22(28)11-7-6-9-16(22)20(25)15-8-4-5-10-18(15)31-2/h4-5,8,10,14,16,20,28H,3,6-7,9,11-13H2,1-2H3/t16-,20+,22-/m1/s1. The van der Waals surface area contributed by atoms with E-state index in [2.05, 4.69) is 5.10 Å². The summed E-state index contributed by atoms with van der Waals surface area (Å²) in [6.45, 7) is 2.53. The largest absolute Gasteiger partial charge is 0.496 e. The number of fused-ring (bicyclic) bond motifs is 1. The lowest BCUT2D eigenvalue weighted by Crippen LogP contribution is -2.56. The number of nitro groups is 1. The third-order valence-electron chi connectivity index (χ3n) is 6.75. The van der Waals surface area contributed by atoms with Crippen molar-refractivity contribution in [1.82, 2.24) is 14.7 Å². The van der Waals surface area contributed by atoms with E-state index in [0.29, 0.717) is 31.7 Å². The van der Waals surface area contributed by atoms with Crippen molar-refractivity contribution in [2.75, 3.05) is 13.7 Å². The van der Waals surface area contributed by atoms with Crippen LogP contribution >= 0.6 is 0 Å². The van der Waals surface area contributed by atoms with Crippen LogP contribution in [0.2, 0.25) is 0 Å². The molecule has 1 saturated carbocycles. The number of aryl methyl sites for hydroxylation is 1. The van der Waals surface area contributed by atoms with Gasteiger partial charge < -0.3 is 14.7 Å². The molecule has 2 aromatic rings. The van der Waals surface area contributed by atoms with Gasteiger partial charge in [0.15, 0.2) is 0 Å². The minimum absolute atomic E-state index is 0.159. The number of piperidine rings is 1. The molecule has 1 aliphatic heterocycles. The molecular weight excluding hydrogens is 400 g/mol. The maximum absolute atomic E-state index is 13.6. The molecule has 1 aromatic carbocycles. The molecule has 0 spiro atoms. The van der Waals surface area contributed by atoms with Crippen molar-refractivity contribution in [3.05, 3.63) is 51.8 Å². The zero-order valence-electron chi connectivity index (χ0n) is 17.9. The lowest BCUT2D eigenvalue weighted by molar-refractivity contribution is -0.385. The molecule has 0 radical (unpaired) electrons. The topological polar surface area (TPSA) is 111 Å². The zero-order valence-corrected chi connectivity index (χ0v) is 17.9. The first-order chi connectivity index (χ1) is 14.9. The molecule has 1 aliphatic carbocycles. The molecule has 1 amide bonds. The summed E-state index contributed by atoms with van der Waals surface area (Å²) in [4.78, 5) is 26.3. The maximum atomic E-state index is 13.6. The molecule has 2 aliphatic rings. The zero-order chi connectivity index (χ0) is 22.2. The highest BCUT2D eigenvalue weighted by atomic mass is 16.6. The van der Waals surface area contributed by atoms with E-state index in [0.717, 1.165) is 24.8 Å². The number of aliphatic hydroxyl groups is 1. The predicted octanol–water partition coefficient (Wildman–Crippen LogP) is 3.33. The Hall–Kier alpha value is -2.94. The Morgan fingerprint density at radius 2 is 2.13 bits per heavy atom. The van der Waals surface area contributed by atoms with Gasteiger partial charge in [-0.2, -0.15) is 5.10 Å². The van der Waals surface area contributed by atoms with E-state index in [-0.39, 0.29) is 17.3 Å². The lowest BCUT2D eigenvalue weighted by Gasteiger charge is -2.52. The van der Waals surface area contributed by atoms with Crippen LogP contribution in [0.1, 0.15) is 61.1 Å². The molecule has 3 atom stereocenters. The van der Waals surface area contributed by atoms with Crippen LogP contribution in [0.4, 0.5) is 5.69 Å². The van der Waals surface area contributed by atoms with Crippen molar-refractivity contribution in [3.8, 4) is 5.75 Å². The van der Waals surface area contributed by atoms with Gasteiger partial charge in [0.1, 0.15) is 11.9 Å². The van der Waals surface area contributed by atoms with Crippen molar-refractivity contribution in [2.24, 2.45) is 5.92 Å². The minimum Gasteiger partial charge on any atom is -0.496 e. The van der Waals surface area contributed by atoms with Crippen molar-refractivity contribution in [2.45, 2.75) is 57.2 Å². The molecule has 31 heavy (non-hydrogen) atoms. The molecule has 2 heterocycles. The summed E-state index contributed by atoms with van der Waals surface area (Å²) in [6, 6.07) is 7.03. The van der Waals surface area contributed by atoms with Gasteiger partial charge in [-0.1, -0.05) is 31.0 Å². The molecule has 2 fully saturated rings. The number of carbonyl (C=O) groups is 1. The Balaban J connectivity index is 1.81. The number of aromatic nitrogens is 2. The second kappa shape index (κ2) is 8.30. The Morgan fingerprint density at radius 3 is 2.84 bits per heavy atom. The first-order valence-corrected chi connectivity index (χ1v) is 10.8. The Kier molecular flexibility index (Phi) is 5.70. The van der Waals surface area contributed by atoms with Crippen LogP contribution in [-0.2, 0) is 6.54 Å². The quantitative estimate of drug-likeness (QED) is 0.578. The summed E-state index contributed by atoms with van der Waals surface area (Å²) in [5.74, 6) is -0.0290. The van der Waals surface area contributed by atoms with Gasteiger partial charge in [0.05, 0.1) is 23.7 Å². The summed E-state index contributed by atoms with van der Waals surface area (Å²) in [5.41, 5.74) is -0.515. The van der Waals surface area contributed by atoms with Gasteiger partial charge in [-0.25, -0.2) is 0 Å². The number of hydrogen-bond acceptors (Lipinski definition) is 6. The normalized spacial score (nSPS) is 25.7. The average molecular weight is 428 g/mol. The molecule has 0 unspecified atom stereocenters. The monoisotopic (exact) mass is 428 g/mol. The minimum atomic E-state index is -0.866. The lowest BCUT2D eigenvalue weighted by atomic mass is 9.66. The fourth-order valence-corrected chi connectivity index (χ4v) is 5.20. The average Bonchev–Trinajstić information content (AvgIpc) is 3.22. The van der Waals surface area contributed by atoms with Crippen LogP contribution in [0.15, 0.2) is 30.5 Å². The molecule has 166 valence electrons. The number of nitrogens with zero attached hydrogens (tertiary/aromatic N) is 4. The molecule has 9 nitrogen and oxygen atoms in total. The predicted molar refractivity (Wildman–Crippen MR) is 113 cm³/mol. The fourth-order valence-electron chi connectivity index (χ4n) is 5.20. The molecule has 1 N–H and O–H groups in total. The Bertz CT molecular complexity index is 990. The summed E-state index contributed by atoms with van der Waals surface area (Å²) < 4.78 is 6.99. The number of hydrogen-bond donors (Lipinski definition) is 1. The van der Waals surface area contributed by atoms with Gasteiger partial charge in [-0.05, 0) is 32.3 Å². The van der Waals surface area contributed by atoms with Crippen molar-refractivity contribution in [1.29, 1.82) is 0 Å². The molecule has 1 saturated heterocycles. The third-order valence-corrected chi connectivity index (χ3v) is 6.75. The smallest absolute Gasteiger partial charge is 0.320 e. The van der Waals surface area contributed by atoms with E-state index >= 15 is 0 Å². The maximum Gasteiger partial charge on any atom is 0.320 e. The van der Waals surface area contributed by atoms with Crippen molar-refractivity contribution >= 4 is 11.6 Å². The van der Waals surface area contributed by atoms with Crippen molar-refractivity contribution < 1.29 is 19.6 Å². The highest BCUT2D eigenvalue weighted by Gasteiger charge is 2.51. The van der Waals surface area contributed by atoms with Crippen LogP contribution < -0.4 is 4.74 Å². The van der Waals surface area contributed by atoms with Gasteiger partial charge in [0.25, 0.3) is 5.91 Å². The van der Waals surface area contributed by atoms with Gasteiger partial charge >= 0.3 is 5.69 Å². The Morgan fingerprint density at radius 1 is 1.35 bits per heavy atom. The molecule has 0 bridgehead atoms. The summed E-state index contributed by atoms with van der Waals surface area (Å²) in [7, 11) is 1.58. The van der Waals surface area contributed by atoms with E-state index in [1.54, 1.807) is 12.0 Å². The summed E-state index contributed by atoms with van der Waals surface area (Å²) >= 11 is 0. The van der Waals surface area contributed by atoms with Gasteiger partial charge in [-0.15, -0.1) is 0 Å². The Labute approximate surface area is 180 Å². The number of benzene rings is 1. The number of carbonyl (C=O) groups excluding carboxylic acids is 1. The molecular formula is C22H28N4O5. The molecule has 4 rings (SSSR count). The van der Waals surface area contributed by atoms with Gasteiger partial charge in [0, 0.05) is 24.6 Å². The number of amides is 1.